The van der Waals surface area contributed by atoms with E-state index in [0.717, 1.165) is 29.0 Å². The number of aryl methyl sites for hydroxylation is 1. The Morgan fingerprint density at radius 3 is 2.71 bits per heavy atom. The molecule has 0 unspecified atom stereocenters. The molecule has 4 heteroatoms. The molecule has 4 nitrogen and oxygen atoms in total. The average molecular weight is 380 g/mol. The van der Waals surface area contributed by atoms with Crippen molar-refractivity contribution >= 4 is 5.91 Å². The summed E-state index contributed by atoms with van der Waals surface area (Å²) in [5.41, 5.74) is 4.02. The lowest BCUT2D eigenvalue weighted by Gasteiger charge is -2.14. The van der Waals surface area contributed by atoms with Crippen LogP contribution in [0.25, 0.3) is 0 Å². The second kappa shape index (κ2) is 9.98. The van der Waals surface area contributed by atoms with Crippen molar-refractivity contribution in [3.05, 3.63) is 70.8 Å². The van der Waals surface area contributed by atoms with Crippen molar-refractivity contribution in [2.24, 2.45) is 0 Å². The molecule has 1 N–H and O–H groups in total. The van der Waals surface area contributed by atoms with E-state index in [0.29, 0.717) is 18.7 Å². The number of rotatable bonds is 8. The zero-order valence-corrected chi connectivity index (χ0v) is 16.8. The summed E-state index contributed by atoms with van der Waals surface area (Å²) in [4.78, 5) is 12.6. The van der Waals surface area contributed by atoms with Crippen LogP contribution in [0, 0.1) is 6.92 Å². The Bertz CT molecular complexity index is 841. The topological polar surface area (TPSA) is 47.6 Å². The largest absolute Gasteiger partial charge is 0.496 e. The maximum atomic E-state index is 12.6. The standard InChI is InChI=1S/C24H29NO3/c1-18-8-6-7-11-22(18)28-17-21-16-20(12-13-23(21)27-2)24(26)25-15-14-19-9-4-3-5-10-19/h6-9,11-13,16H,3-5,10,14-15,17H2,1-2H3,(H,25,26). The van der Waals surface area contributed by atoms with E-state index in [1.807, 2.05) is 43.3 Å². The fraction of sp³-hybridized carbons (Fsp3) is 0.375. The predicted molar refractivity (Wildman–Crippen MR) is 112 cm³/mol. The van der Waals surface area contributed by atoms with Crippen molar-refractivity contribution in [3.8, 4) is 11.5 Å². The molecule has 28 heavy (non-hydrogen) atoms. The van der Waals surface area contributed by atoms with Crippen LogP contribution in [0.5, 0.6) is 11.5 Å². The van der Waals surface area contributed by atoms with E-state index in [2.05, 4.69) is 11.4 Å². The zero-order chi connectivity index (χ0) is 19.8. The molecular weight excluding hydrogens is 350 g/mol. The van der Waals surface area contributed by atoms with Crippen LogP contribution >= 0.6 is 0 Å². The van der Waals surface area contributed by atoms with E-state index < -0.39 is 0 Å². The SMILES string of the molecule is COc1ccc(C(=O)NCCC2=CCCCC2)cc1COc1ccccc1C. The molecular formula is C24H29NO3. The number of amides is 1. The minimum atomic E-state index is -0.0591. The first-order valence-electron chi connectivity index (χ1n) is 9.99. The first-order valence-corrected chi connectivity index (χ1v) is 9.99. The summed E-state index contributed by atoms with van der Waals surface area (Å²) in [6.07, 6.45) is 8.15. The van der Waals surface area contributed by atoms with Crippen LogP contribution in [0.15, 0.2) is 54.1 Å². The Balaban J connectivity index is 1.61. The van der Waals surface area contributed by atoms with Gasteiger partial charge in [0.25, 0.3) is 5.91 Å². The fourth-order valence-electron chi connectivity index (χ4n) is 3.48. The van der Waals surface area contributed by atoms with Crippen molar-refractivity contribution < 1.29 is 14.3 Å². The molecule has 0 bridgehead atoms. The number of carbonyl (C=O) groups excluding carboxylic acids is 1. The number of methoxy groups -OCH3 is 1. The summed E-state index contributed by atoms with van der Waals surface area (Å²) in [5, 5.41) is 3.03. The number of allylic oxidation sites excluding steroid dienone is 1. The molecule has 1 amide bonds. The Labute approximate surface area is 167 Å². The minimum Gasteiger partial charge on any atom is -0.496 e. The number of hydrogen-bond donors (Lipinski definition) is 1. The third-order valence-corrected chi connectivity index (χ3v) is 5.14. The van der Waals surface area contributed by atoms with Crippen LogP contribution in [0.2, 0.25) is 0 Å². The van der Waals surface area contributed by atoms with Crippen molar-refractivity contribution in [2.45, 2.75) is 45.6 Å². The summed E-state index contributed by atoms with van der Waals surface area (Å²) in [7, 11) is 1.63. The predicted octanol–water partition coefficient (Wildman–Crippen LogP) is 5.20. The highest BCUT2D eigenvalue weighted by molar-refractivity contribution is 5.94. The maximum Gasteiger partial charge on any atom is 0.251 e. The molecule has 1 aliphatic carbocycles. The van der Waals surface area contributed by atoms with Gasteiger partial charge in [0.05, 0.1) is 7.11 Å². The number of hydrogen-bond acceptors (Lipinski definition) is 3. The van der Waals surface area contributed by atoms with Crippen molar-refractivity contribution in [2.75, 3.05) is 13.7 Å². The van der Waals surface area contributed by atoms with E-state index in [9.17, 15) is 4.79 Å². The van der Waals surface area contributed by atoms with Crippen LogP contribution in [-0.4, -0.2) is 19.6 Å². The first kappa shape index (κ1) is 20.0. The number of nitrogens with one attached hydrogen (secondary N) is 1. The van der Waals surface area contributed by atoms with Crippen molar-refractivity contribution in [1.82, 2.24) is 5.32 Å². The van der Waals surface area contributed by atoms with Gasteiger partial charge in [-0.2, -0.15) is 0 Å². The molecule has 0 atom stereocenters. The molecule has 0 radical (unpaired) electrons. The van der Waals surface area contributed by atoms with Crippen LogP contribution < -0.4 is 14.8 Å². The average Bonchev–Trinajstić information content (AvgIpc) is 2.73. The van der Waals surface area contributed by atoms with E-state index in [-0.39, 0.29) is 5.91 Å². The lowest BCUT2D eigenvalue weighted by atomic mass is 9.97. The Morgan fingerprint density at radius 2 is 1.96 bits per heavy atom. The Kier molecular flexibility index (Phi) is 7.12. The van der Waals surface area contributed by atoms with Gasteiger partial charge in [-0.05, 0) is 68.9 Å². The van der Waals surface area contributed by atoms with Gasteiger partial charge in [-0.1, -0.05) is 29.8 Å². The van der Waals surface area contributed by atoms with Gasteiger partial charge in [-0.3, -0.25) is 4.79 Å². The molecule has 3 rings (SSSR count). The number of carbonyl (C=O) groups is 1. The smallest absolute Gasteiger partial charge is 0.251 e. The Morgan fingerprint density at radius 1 is 1.11 bits per heavy atom. The molecule has 0 spiro atoms. The molecule has 148 valence electrons. The monoisotopic (exact) mass is 379 g/mol. The third kappa shape index (κ3) is 5.38. The fourth-order valence-corrected chi connectivity index (χ4v) is 3.48. The van der Waals surface area contributed by atoms with Gasteiger partial charge in [0.1, 0.15) is 18.1 Å². The van der Waals surface area contributed by atoms with Gasteiger partial charge in [-0.15, -0.1) is 0 Å². The van der Waals surface area contributed by atoms with Gasteiger partial charge in [0.2, 0.25) is 0 Å². The molecule has 0 heterocycles. The van der Waals surface area contributed by atoms with Gasteiger partial charge < -0.3 is 14.8 Å². The van der Waals surface area contributed by atoms with Crippen molar-refractivity contribution in [1.29, 1.82) is 0 Å². The lowest BCUT2D eigenvalue weighted by molar-refractivity contribution is 0.0954. The van der Waals surface area contributed by atoms with E-state index in [1.165, 1.54) is 31.3 Å². The Hall–Kier alpha value is -2.75. The molecule has 0 fully saturated rings. The molecule has 0 saturated heterocycles. The normalized spacial score (nSPS) is 13.6. The molecule has 0 aromatic heterocycles. The van der Waals surface area contributed by atoms with E-state index in [4.69, 9.17) is 9.47 Å². The molecule has 1 aliphatic rings. The summed E-state index contributed by atoms with van der Waals surface area (Å²) >= 11 is 0. The quantitative estimate of drug-likeness (QED) is 0.641. The number of ether oxygens (including phenoxy) is 2. The summed E-state index contributed by atoms with van der Waals surface area (Å²) in [5.74, 6) is 1.49. The summed E-state index contributed by atoms with van der Waals surface area (Å²) in [6.45, 7) is 3.03. The number of benzene rings is 2. The summed E-state index contributed by atoms with van der Waals surface area (Å²) in [6, 6.07) is 13.4. The second-order valence-electron chi connectivity index (χ2n) is 7.19. The molecule has 0 saturated carbocycles. The molecule has 2 aromatic rings. The lowest BCUT2D eigenvalue weighted by Crippen LogP contribution is -2.25. The van der Waals surface area contributed by atoms with Crippen molar-refractivity contribution in [3.63, 3.8) is 0 Å². The van der Waals surface area contributed by atoms with Gasteiger partial charge in [-0.25, -0.2) is 0 Å². The third-order valence-electron chi connectivity index (χ3n) is 5.14. The van der Waals surface area contributed by atoms with Gasteiger partial charge >= 0.3 is 0 Å². The zero-order valence-electron chi connectivity index (χ0n) is 16.8. The second-order valence-corrected chi connectivity index (χ2v) is 7.19. The van der Waals surface area contributed by atoms with Crippen LogP contribution in [-0.2, 0) is 6.61 Å². The van der Waals surface area contributed by atoms with Crippen LogP contribution in [0.4, 0.5) is 0 Å². The highest BCUT2D eigenvalue weighted by atomic mass is 16.5. The molecule has 2 aromatic carbocycles. The summed E-state index contributed by atoms with van der Waals surface area (Å²) < 4.78 is 11.4. The molecule has 0 aliphatic heterocycles. The van der Waals surface area contributed by atoms with Crippen LogP contribution in [0.1, 0.15) is 53.6 Å². The highest BCUT2D eigenvalue weighted by Crippen LogP contribution is 2.24. The minimum absolute atomic E-state index is 0.0591. The maximum absolute atomic E-state index is 12.6. The van der Waals surface area contributed by atoms with Gasteiger partial charge in [0, 0.05) is 17.7 Å². The van der Waals surface area contributed by atoms with Gasteiger partial charge in [0.15, 0.2) is 0 Å². The van der Waals surface area contributed by atoms with E-state index >= 15 is 0 Å². The van der Waals surface area contributed by atoms with Crippen LogP contribution in [0.3, 0.4) is 0 Å². The highest BCUT2D eigenvalue weighted by Gasteiger charge is 2.12. The number of para-hydroxylation sites is 1. The van der Waals surface area contributed by atoms with E-state index in [1.54, 1.807) is 13.2 Å². The first-order chi connectivity index (χ1) is 13.7.